The third kappa shape index (κ3) is 3.96. The average Bonchev–Trinajstić information content (AvgIpc) is 2.95. The summed E-state index contributed by atoms with van der Waals surface area (Å²) in [4.78, 5) is 0. The largest absolute Gasteiger partial charge is 0.497 e. The van der Waals surface area contributed by atoms with Gasteiger partial charge in [-0.3, -0.25) is 0 Å². The summed E-state index contributed by atoms with van der Waals surface area (Å²) in [6.45, 7) is 22.0. The van der Waals surface area contributed by atoms with Crippen molar-refractivity contribution in [1.82, 2.24) is 0 Å². The van der Waals surface area contributed by atoms with Crippen LogP contribution in [-0.2, 0) is 0 Å². The van der Waals surface area contributed by atoms with Crippen LogP contribution < -0.4 is 15.1 Å². The minimum Gasteiger partial charge on any atom is -0.497 e. The predicted octanol–water partition coefficient (Wildman–Crippen LogP) is 5.14. The van der Waals surface area contributed by atoms with Gasteiger partial charge in [0, 0.05) is 0 Å². The first-order chi connectivity index (χ1) is 11.3. The molecule has 0 saturated carbocycles. The van der Waals surface area contributed by atoms with Gasteiger partial charge in [0.05, 0.1) is 23.3 Å². The van der Waals surface area contributed by atoms with Gasteiger partial charge >= 0.3 is 0 Å². The number of hydrogen-bond acceptors (Lipinski definition) is 1. The summed E-state index contributed by atoms with van der Waals surface area (Å²) in [6, 6.07) is 4.79. The number of benzene rings is 1. The summed E-state index contributed by atoms with van der Waals surface area (Å²) in [7, 11) is -2.70. The maximum absolute atomic E-state index is 6.06. The van der Waals surface area contributed by atoms with E-state index < -0.39 is 24.2 Å². The topological polar surface area (TPSA) is 9.23 Å². The van der Waals surface area contributed by atoms with Crippen molar-refractivity contribution in [3.63, 3.8) is 0 Å². The number of ether oxygens (including phenoxy) is 1. The molecule has 1 nitrogen and oxygen atoms in total. The Bertz CT molecular complexity index is 729. The van der Waals surface area contributed by atoms with E-state index in [-0.39, 0.29) is 0 Å². The van der Waals surface area contributed by atoms with E-state index in [9.17, 15) is 0 Å². The smallest absolute Gasteiger partial charge is 0.117 e. The summed E-state index contributed by atoms with van der Waals surface area (Å²) in [5.74, 6) is 1.19. The van der Waals surface area contributed by atoms with E-state index in [0.717, 1.165) is 6.42 Å². The van der Waals surface area contributed by atoms with Crippen molar-refractivity contribution in [3.8, 4) is 5.75 Å². The van der Waals surface area contributed by atoms with Crippen LogP contribution in [-0.4, -0.2) is 31.3 Å². The van der Waals surface area contributed by atoms with E-state index in [2.05, 4.69) is 83.6 Å². The van der Waals surface area contributed by atoms with E-state index >= 15 is 0 Å². The van der Waals surface area contributed by atoms with E-state index in [1.165, 1.54) is 21.7 Å². The second kappa shape index (κ2) is 6.71. The minimum atomic E-state index is -1.78. The lowest BCUT2D eigenvalue weighted by molar-refractivity contribution is 0.421. The van der Waals surface area contributed by atoms with Crippen LogP contribution in [0, 0.1) is 6.92 Å². The fourth-order valence-corrected chi connectivity index (χ4v) is 12.5. The zero-order valence-electron chi connectivity index (χ0n) is 17.9. The van der Waals surface area contributed by atoms with Crippen molar-refractivity contribution in [2.45, 2.75) is 65.7 Å². The van der Waals surface area contributed by atoms with E-state index in [0.29, 0.717) is 0 Å². The van der Waals surface area contributed by atoms with Gasteiger partial charge in [-0.25, -0.2) is 0 Å². The SMILES string of the molecule is COc1c([Si](C)(C)C)cc(C)cc1[Si](C)(C)C1=C([Si](C)(C)C)C=CC1. The molecule has 1 aliphatic carbocycles. The van der Waals surface area contributed by atoms with Gasteiger partial charge in [-0.05, 0) is 23.7 Å². The highest BCUT2D eigenvalue weighted by Crippen LogP contribution is 2.35. The minimum absolute atomic E-state index is 1.14. The zero-order valence-corrected chi connectivity index (χ0v) is 20.9. The Balaban J connectivity index is 2.75. The third-order valence-corrected chi connectivity index (χ3v) is 13.4. The molecule has 0 unspecified atom stereocenters. The molecule has 25 heavy (non-hydrogen) atoms. The molecular formula is C21H36OSi3. The Kier molecular flexibility index (Phi) is 5.49. The molecule has 1 aliphatic rings. The van der Waals surface area contributed by atoms with Gasteiger partial charge in [-0.1, -0.05) is 92.6 Å². The van der Waals surface area contributed by atoms with Crippen molar-refractivity contribution < 1.29 is 4.74 Å². The van der Waals surface area contributed by atoms with Gasteiger partial charge in [0.1, 0.15) is 13.8 Å². The molecule has 0 spiro atoms. The number of allylic oxidation sites excluding steroid dienone is 4. The molecule has 0 heterocycles. The maximum Gasteiger partial charge on any atom is 0.117 e. The fourth-order valence-electron chi connectivity index (χ4n) is 3.98. The average molecular weight is 389 g/mol. The molecule has 0 aliphatic heterocycles. The van der Waals surface area contributed by atoms with Crippen LogP contribution in [0.3, 0.4) is 0 Å². The number of methoxy groups -OCH3 is 1. The van der Waals surface area contributed by atoms with E-state index in [1.807, 2.05) is 7.11 Å². The molecule has 0 saturated heterocycles. The van der Waals surface area contributed by atoms with Crippen LogP contribution in [0.2, 0.25) is 52.4 Å². The van der Waals surface area contributed by atoms with Gasteiger partial charge in [-0.2, -0.15) is 0 Å². The van der Waals surface area contributed by atoms with Crippen LogP contribution in [0.4, 0.5) is 0 Å². The number of aryl methyl sites for hydroxylation is 1. The highest BCUT2D eigenvalue weighted by atomic mass is 28.3. The van der Waals surface area contributed by atoms with E-state index in [4.69, 9.17) is 4.74 Å². The van der Waals surface area contributed by atoms with Gasteiger partial charge in [0.25, 0.3) is 0 Å². The lowest BCUT2D eigenvalue weighted by atomic mass is 10.2. The Morgan fingerprint density at radius 2 is 1.40 bits per heavy atom. The standard InChI is InChI=1S/C21H36OSi3/c1-16-14-19(24(6,7)8)21(22-2)20(15-16)25(9,10)18-13-11-12-17(18)23(3,4)5/h11-12,14-15H,13H2,1-10H3. The molecular weight excluding hydrogens is 352 g/mol. The molecule has 2 rings (SSSR count). The summed E-state index contributed by atoms with van der Waals surface area (Å²) in [5.41, 5.74) is 1.38. The lowest BCUT2D eigenvalue weighted by Gasteiger charge is -2.34. The summed E-state index contributed by atoms with van der Waals surface area (Å²) in [5, 5.41) is 6.40. The molecule has 1 aromatic carbocycles. The van der Waals surface area contributed by atoms with Gasteiger partial charge in [0.15, 0.2) is 0 Å². The van der Waals surface area contributed by atoms with Crippen LogP contribution in [0.1, 0.15) is 12.0 Å². The molecule has 0 aromatic heterocycles. The molecule has 0 radical (unpaired) electrons. The molecule has 0 atom stereocenters. The number of rotatable bonds is 5. The molecule has 1 aromatic rings. The summed E-state index contributed by atoms with van der Waals surface area (Å²) in [6.07, 6.45) is 5.95. The Labute approximate surface area is 158 Å². The molecule has 4 heteroatoms. The Morgan fingerprint density at radius 1 is 0.840 bits per heavy atom. The Morgan fingerprint density at radius 3 is 1.88 bits per heavy atom. The van der Waals surface area contributed by atoms with Crippen molar-refractivity contribution in [2.24, 2.45) is 0 Å². The van der Waals surface area contributed by atoms with Crippen LogP contribution in [0.15, 0.2) is 34.7 Å². The molecule has 138 valence electrons. The second-order valence-electron chi connectivity index (χ2n) is 10.0. The normalized spacial score (nSPS) is 15.9. The van der Waals surface area contributed by atoms with Crippen LogP contribution in [0.5, 0.6) is 5.75 Å². The zero-order chi connectivity index (χ0) is 19.2. The van der Waals surface area contributed by atoms with E-state index in [1.54, 1.807) is 10.4 Å². The fraction of sp³-hybridized carbons (Fsp3) is 0.524. The van der Waals surface area contributed by atoms with Crippen molar-refractivity contribution >= 4 is 34.6 Å². The van der Waals surface area contributed by atoms with Crippen molar-refractivity contribution in [1.29, 1.82) is 0 Å². The molecule has 0 amide bonds. The summed E-state index contributed by atoms with van der Waals surface area (Å²) >= 11 is 0. The highest BCUT2D eigenvalue weighted by molar-refractivity contribution is 6.99. The highest BCUT2D eigenvalue weighted by Gasteiger charge is 2.38. The Hall–Kier alpha value is -0.849. The second-order valence-corrected chi connectivity index (χ2v) is 24.5. The number of hydrogen-bond donors (Lipinski definition) is 0. The van der Waals surface area contributed by atoms with Gasteiger partial charge < -0.3 is 4.74 Å². The first-order valence-corrected chi connectivity index (χ1v) is 19.4. The molecule has 0 bridgehead atoms. The predicted molar refractivity (Wildman–Crippen MR) is 122 cm³/mol. The van der Waals surface area contributed by atoms with Crippen molar-refractivity contribution in [2.75, 3.05) is 7.11 Å². The lowest BCUT2D eigenvalue weighted by Crippen LogP contribution is -2.50. The van der Waals surface area contributed by atoms with Gasteiger partial charge in [0.2, 0.25) is 0 Å². The van der Waals surface area contributed by atoms with Crippen molar-refractivity contribution in [3.05, 3.63) is 40.2 Å². The van der Waals surface area contributed by atoms with Gasteiger partial charge in [-0.15, -0.1) is 0 Å². The first kappa shape index (κ1) is 20.5. The van der Waals surface area contributed by atoms with Crippen LogP contribution >= 0.6 is 0 Å². The monoisotopic (exact) mass is 388 g/mol. The first-order valence-electron chi connectivity index (χ1n) is 9.40. The molecule has 0 N–H and O–H groups in total. The summed E-state index contributed by atoms with van der Waals surface area (Å²) < 4.78 is 6.06. The quantitative estimate of drug-likeness (QED) is 0.635. The third-order valence-electron chi connectivity index (χ3n) is 5.41. The van der Waals surface area contributed by atoms with Crippen LogP contribution in [0.25, 0.3) is 0 Å². The maximum atomic E-state index is 6.06. The molecule has 0 fully saturated rings.